The predicted molar refractivity (Wildman–Crippen MR) is 64.6 cm³/mol. The molecule has 0 aliphatic heterocycles. The summed E-state index contributed by atoms with van der Waals surface area (Å²) in [6, 6.07) is 0. The van der Waals surface area contributed by atoms with Gasteiger partial charge in [-0.05, 0) is 6.42 Å². The molecule has 0 saturated carbocycles. The van der Waals surface area contributed by atoms with E-state index in [4.69, 9.17) is 9.68 Å². The Labute approximate surface area is 132 Å². The van der Waals surface area contributed by atoms with Crippen LogP contribution >= 0.6 is 0 Å². The van der Waals surface area contributed by atoms with E-state index in [1.165, 1.54) is 0 Å². The van der Waals surface area contributed by atoms with Crippen LogP contribution < -0.4 is 29.6 Å². The van der Waals surface area contributed by atoms with Gasteiger partial charge in [0.15, 0.2) is 0 Å². The summed E-state index contributed by atoms with van der Waals surface area (Å²) in [5, 5.41) is 0.920. The zero-order chi connectivity index (χ0) is 13.1. The number of allylic oxidation sites excluding steroid dienone is 1. The van der Waals surface area contributed by atoms with Crippen LogP contribution in [0.15, 0.2) is 12.2 Å². The number of carbonyl (C=O) groups excluding carboxylic acids is 2. The van der Waals surface area contributed by atoms with E-state index < -0.39 is 11.9 Å². The first-order valence-electron chi connectivity index (χ1n) is 5.98. The van der Waals surface area contributed by atoms with Gasteiger partial charge >= 0.3 is 41.5 Å². The second kappa shape index (κ2) is 13.1. The number of carbonyl (C=O) groups is 2. The van der Waals surface area contributed by atoms with E-state index in [9.17, 15) is 9.59 Å². The van der Waals surface area contributed by atoms with Crippen molar-refractivity contribution in [2.24, 2.45) is 0 Å². The van der Waals surface area contributed by atoms with E-state index in [-0.39, 0.29) is 50.4 Å². The van der Waals surface area contributed by atoms with Crippen molar-refractivity contribution in [2.45, 2.75) is 46.5 Å². The molecule has 6 heteroatoms. The molecule has 0 heterocycles. The molecule has 0 amide bonds. The zero-order valence-electron chi connectivity index (χ0n) is 12.8. The summed E-state index contributed by atoms with van der Waals surface area (Å²) in [4.78, 5) is 31.9. The third-order valence-corrected chi connectivity index (χ3v) is 1.86. The number of hydrogen-bond acceptors (Lipinski definition) is 5. The van der Waals surface area contributed by atoms with Crippen molar-refractivity contribution >= 4 is 11.9 Å². The maximum Gasteiger partial charge on any atom is 1.00 e. The first kappa shape index (κ1) is 20.0. The molecule has 0 aliphatic carbocycles. The van der Waals surface area contributed by atoms with Crippen molar-refractivity contribution in [2.75, 3.05) is 6.54 Å². The molecule has 0 atom stereocenters. The van der Waals surface area contributed by atoms with E-state index in [0.717, 1.165) is 18.1 Å². The molecule has 0 aliphatic rings. The second-order valence-corrected chi connectivity index (χ2v) is 3.41. The quantitative estimate of drug-likeness (QED) is 0.337. The van der Waals surface area contributed by atoms with E-state index >= 15 is 0 Å². The minimum absolute atomic E-state index is 0. The Morgan fingerprint density at radius 3 is 1.94 bits per heavy atom. The molecule has 5 nitrogen and oxygen atoms in total. The Kier molecular flexibility index (Phi) is 14.5. The average Bonchev–Trinajstić information content (AvgIpc) is 2.33. The van der Waals surface area contributed by atoms with E-state index in [1.54, 1.807) is 19.9 Å². The van der Waals surface area contributed by atoms with Crippen LogP contribution in [0.5, 0.6) is 0 Å². The van der Waals surface area contributed by atoms with E-state index in [0.29, 0.717) is 0 Å². The van der Waals surface area contributed by atoms with Gasteiger partial charge in [-0.3, -0.25) is 9.59 Å². The van der Waals surface area contributed by atoms with Gasteiger partial charge in [-0.1, -0.05) is 39.3 Å². The number of rotatable bonds is 8. The van der Waals surface area contributed by atoms with Gasteiger partial charge in [-0.15, -0.1) is 0 Å². The molecule has 0 N–H and O–H groups in total. The Hall–Kier alpha value is -0.360. The van der Waals surface area contributed by atoms with Crippen LogP contribution in [0.4, 0.5) is 0 Å². The Balaban J connectivity index is -0.00000128. The van der Waals surface area contributed by atoms with Crippen molar-refractivity contribution in [3.8, 4) is 0 Å². The van der Waals surface area contributed by atoms with Crippen LogP contribution in [-0.4, -0.2) is 23.7 Å². The maximum atomic E-state index is 11.1. The van der Waals surface area contributed by atoms with Crippen LogP contribution in [-0.2, 0) is 19.3 Å². The monoisotopic (exact) mass is 267 g/mol. The fraction of sp³-hybridized carbons (Fsp3) is 0.667. The molecule has 100 valence electrons. The van der Waals surface area contributed by atoms with Gasteiger partial charge in [-0.25, -0.2) is 0 Å². The zero-order valence-corrected chi connectivity index (χ0v) is 13.8. The molecule has 0 unspecified atom stereocenters. The van der Waals surface area contributed by atoms with Gasteiger partial charge < -0.3 is 11.1 Å². The van der Waals surface area contributed by atoms with Crippen LogP contribution in [0, 0.1) is 0 Å². The Morgan fingerprint density at radius 1 is 1.06 bits per heavy atom. The summed E-state index contributed by atoms with van der Waals surface area (Å²) >= 11 is 0. The van der Waals surface area contributed by atoms with Gasteiger partial charge in [0.1, 0.15) is 0 Å². The van der Waals surface area contributed by atoms with Crippen LogP contribution in [0.2, 0.25) is 0 Å². The first-order chi connectivity index (χ1) is 8.13. The molecular formula is C12H22NNaO4. The number of hydrogen-bond donors (Lipinski definition) is 0. The van der Waals surface area contributed by atoms with Crippen molar-refractivity contribution in [3.05, 3.63) is 12.2 Å². The summed E-state index contributed by atoms with van der Waals surface area (Å²) in [6.07, 6.45) is 6.21. The summed E-state index contributed by atoms with van der Waals surface area (Å²) in [7, 11) is 0. The summed E-state index contributed by atoms with van der Waals surface area (Å²) in [5.41, 5.74) is 0. The van der Waals surface area contributed by atoms with Gasteiger partial charge in [0.25, 0.3) is 0 Å². The largest absolute Gasteiger partial charge is 1.00 e. The number of unbranched alkanes of at least 4 members (excludes halogenated alkanes) is 1. The Bertz CT molecular complexity index is 256. The topological polar surface area (TPSA) is 55.8 Å². The van der Waals surface area contributed by atoms with Gasteiger partial charge in [0, 0.05) is 18.1 Å². The smallest absolute Gasteiger partial charge is 1.00 e. The van der Waals surface area contributed by atoms with E-state index in [1.807, 2.05) is 6.08 Å². The molecule has 0 aromatic heterocycles. The summed E-state index contributed by atoms with van der Waals surface area (Å²) < 4.78 is 0. The average molecular weight is 267 g/mol. The van der Waals surface area contributed by atoms with Crippen LogP contribution in [0.3, 0.4) is 0 Å². The van der Waals surface area contributed by atoms with Gasteiger partial charge in [0.2, 0.25) is 0 Å². The maximum absolute atomic E-state index is 11.1. The molecule has 18 heavy (non-hydrogen) atoms. The third kappa shape index (κ3) is 10.8. The SMILES string of the molecule is CCCC=CCN(OC(=O)CC)OC(=O)CC.[H-].[Na+]. The fourth-order valence-corrected chi connectivity index (χ4v) is 0.895. The molecule has 0 radical (unpaired) electrons. The summed E-state index contributed by atoms with van der Waals surface area (Å²) in [5.74, 6) is -0.865. The van der Waals surface area contributed by atoms with Crippen molar-refractivity contribution in [3.63, 3.8) is 0 Å². The normalized spacial score (nSPS) is 10.2. The molecule has 0 fully saturated rings. The third-order valence-electron chi connectivity index (χ3n) is 1.86. The minimum atomic E-state index is -0.433. The van der Waals surface area contributed by atoms with Gasteiger partial charge in [0.05, 0.1) is 6.54 Å². The van der Waals surface area contributed by atoms with Crippen LogP contribution in [0.25, 0.3) is 0 Å². The van der Waals surface area contributed by atoms with Crippen LogP contribution in [0.1, 0.15) is 47.9 Å². The van der Waals surface area contributed by atoms with Gasteiger partial charge in [-0.2, -0.15) is 0 Å². The number of hydroxylamine groups is 2. The van der Waals surface area contributed by atoms with E-state index in [2.05, 4.69) is 6.92 Å². The Morgan fingerprint density at radius 2 is 1.56 bits per heavy atom. The van der Waals surface area contributed by atoms with Crippen molar-refractivity contribution < 1.29 is 50.2 Å². The molecule has 0 spiro atoms. The molecule has 0 rings (SSSR count). The first-order valence-corrected chi connectivity index (χ1v) is 5.98. The molecular weight excluding hydrogens is 245 g/mol. The molecule has 0 aromatic carbocycles. The second-order valence-electron chi connectivity index (χ2n) is 3.41. The fourth-order valence-electron chi connectivity index (χ4n) is 0.895. The molecule has 0 aromatic rings. The standard InChI is InChI=1S/C12H21NO4.Na.H/c1-4-7-8-9-10-13(16-11(14)5-2)17-12(15)6-3;;/h8-9H,4-7,10H2,1-3H3;;/q;+1;-1. The molecule has 0 saturated heterocycles. The molecule has 0 bridgehead atoms. The minimum Gasteiger partial charge on any atom is -1.00 e. The summed E-state index contributed by atoms with van der Waals surface area (Å²) in [6.45, 7) is 5.66. The van der Waals surface area contributed by atoms with Crippen molar-refractivity contribution in [1.82, 2.24) is 5.23 Å². The number of nitrogens with zero attached hydrogens (tertiary/aromatic N) is 1. The van der Waals surface area contributed by atoms with Crippen molar-refractivity contribution in [1.29, 1.82) is 0 Å². The predicted octanol–water partition coefficient (Wildman–Crippen LogP) is -0.502.